The van der Waals surface area contributed by atoms with Gasteiger partial charge in [-0.15, -0.1) is 0 Å². The number of piperidine rings is 1. The molecule has 0 saturated carbocycles. The smallest absolute Gasteiger partial charge is 0.422 e. The number of para-hydroxylation sites is 1. The number of nitrogens with two attached hydrogens (primary N) is 1. The highest BCUT2D eigenvalue weighted by Crippen LogP contribution is 2.28. The van der Waals surface area contributed by atoms with Crippen LogP contribution >= 0.6 is 0 Å². The van der Waals surface area contributed by atoms with E-state index >= 15 is 0 Å². The van der Waals surface area contributed by atoms with Gasteiger partial charge in [-0.05, 0) is 37.4 Å². The van der Waals surface area contributed by atoms with Crippen molar-refractivity contribution < 1.29 is 22.7 Å². The van der Waals surface area contributed by atoms with Crippen LogP contribution in [0, 0.1) is 0 Å². The molecule has 1 atom stereocenters. The Kier molecular flexibility index (Phi) is 5.28. The van der Waals surface area contributed by atoms with Crippen molar-refractivity contribution in [2.24, 2.45) is 5.73 Å². The summed E-state index contributed by atoms with van der Waals surface area (Å²) in [6.07, 6.45) is -0.847. The number of carbonyl (C=O) groups excluding carboxylic acids is 1. The van der Waals surface area contributed by atoms with E-state index in [1.165, 1.54) is 6.07 Å². The molecule has 122 valence electrons. The van der Waals surface area contributed by atoms with Crippen molar-refractivity contribution >= 4 is 5.91 Å². The lowest BCUT2D eigenvalue weighted by Crippen LogP contribution is -2.35. The summed E-state index contributed by atoms with van der Waals surface area (Å²) in [6.45, 7) is -0.554. The van der Waals surface area contributed by atoms with Crippen molar-refractivity contribution in [1.82, 2.24) is 5.32 Å². The van der Waals surface area contributed by atoms with Gasteiger partial charge in [-0.1, -0.05) is 18.6 Å². The van der Waals surface area contributed by atoms with Crippen molar-refractivity contribution in [3.63, 3.8) is 0 Å². The second-order valence-corrected chi connectivity index (χ2v) is 5.41. The van der Waals surface area contributed by atoms with Crippen LogP contribution in [0.4, 0.5) is 13.2 Å². The maximum atomic E-state index is 12.4. The largest absolute Gasteiger partial charge is 0.483 e. The maximum Gasteiger partial charge on any atom is 0.422 e. The van der Waals surface area contributed by atoms with E-state index in [1.54, 1.807) is 12.1 Å². The third kappa shape index (κ3) is 4.62. The molecule has 1 heterocycles. The molecule has 22 heavy (non-hydrogen) atoms. The quantitative estimate of drug-likeness (QED) is 0.877. The molecule has 0 bridgehead atoms. The lowest BCUT2D eigenvalue weighted by molar-refractivity contribution is -0.153. The zero-order chi connectivity index (χ0) is 16.2. The molecular formula is C15H19F3N2O2. The van der Waals surface area contributed by atoms with Crippen LogP contribution in [0.15, 0.2) is 18.2 Å². The van der Waals surface area contributed by atoms with Gasteiger partial charge in [0, 0.05) is 6.04 Å². The Labute approximate surface area is 126 Å². The van der Waals surface area contributed by atoms with E-state index in [2.05, 4.69) is 5.32 Å². The molecule has 1 aliphatic rings. The van der Waals surface area contributed by atoms with Crippen molar-refractivity contribution in [2.45, 2.75) is 37.9 Å². The van der Waals surface area contributed by atoms with Crippen LogP contribution in [0.3, 0.4) is 0 Å². The maximum absolute atomic E-state index is 12.4. The lowest BCUT2D eigenvalue weighted by Gasteiger charge is -2.25. The standard InChI is InChI=1S/C15H19F3N2O2/c16-15(17,18)9-22-13-10(4-3-6-12(13)14(19)21)8-11-5-1-2-7-20-11/h3-4,6,11,20H,1-2,5,7-9H2,(H2,19,21)/t11-/m0/s1. The Morgan fingerprint density at radius 3 is 2.73 bits per heavy atom. The fourth-order valence-electron chi connectivity index (χ4n) is 2.63. The van der Waals surface area contributed by atoms with Crippen molar-refractivity contribution in [2.75, 3.05) is 13.2 Å². The summed E-state index contributed by atoms with van der Waals surface area (Å²) in [6, 6.07) is 4.84. The highest BCUT2D eigenvalue weighted by molar-refractivity contribution is 5.96. The van der Waals surface area contributed by atoms with Gasteiger partial charge in [-0.25, -0.2) is 0 Å². The average molecular weight is 316 g/mol. The Hall–Kier alpha value is -1.76. The molecule has 0 radical (unpaired) electrons. The van der Waals surface area contributed by atoms with Crippen LogP contribution in [-0.2, 0) is 6.42 Å². The minimum absolute atomic E-state index is 0.0161. The molecule has 1 aromatic carbocycles. The van der Waals surface area contributed by atoms with Crippen molar-refractivity contribution in [3.8, 4) is 5.75 Å². The van der Waals surface area contributed by atoms with Gasteiger partial charge in [0.05, 0.1) is 5.56 Å². The SMILES string of the molecule is NC(=O)c1cccc(C[C@@H]2CCCCN2)c1OCC(F)(F)F. The molecule has 1 amide bonds. The third-order valence-electron chi connectivity index (χ3n) is 3.62. The van der Waals surface area contributed by atoms with Gasteiger partial charge in [-0.2, -0.15) is 13.2 Å². The van der Waals surface area contributed by atoms with Crippen LogP contribution in [0.25, 0.3) is 0 Å². The van der Waals surface area contributed by atoms with Gasteiger partial charge in [-0.3, -0.25) is 4.79 Å². The number of nitrogens with one attached hydrogen (secondary N) is 1. The molecule has 1 saturated heterocycles. The Balaban J connectivity index is 2.22. The van der Waals surface area contributed by atoms with E-state index in [0.29, 0.717) is 12.0 Å². The fraction of sp³-hybridized carbons (Fsp3) is 0.533. The number of hydrogen-bond acceptors (Lipinski definition) is 3. The highest BCUT2D eigenvalue weighted by Gasteiger charge is 2.30. The van der Waals surface area contributed by atoms with Crippen LogP contribution in [0.5, 0.6) is 5.75 Å². The zero-order valence-electron chi connectivity index (χ0n) is 12.1. The molecular weight excluding hydrogens is 297 g/mol. The molecule has 3 N–H and O–H groups in total. The normalized spacial score (nSPS) is 19.0. The minimum atomic E-state index is -4.47. The second-order valence-electron chi connectivity index (χ2n) is 5.41. The first-order valence-corrected chi connectivity index (χ1v) is 7.21. The predicted molar refractivity (Wildman–Crippen MR) is 75.9 cm³/mol. The second kappa shape index (κ2) is 7.00. The highest BCUT2D eigenvalue weighted by atomic mass is 19.4. The number of ether oxygens (including phenoxy) is 1. The molecule has 0 unspecified atom stereocenters. The first-order chi connectivity index (χ1) is 10.4. The summed E-state index contributed by atoms with van der Waals surface area (Å²) in [5.74, 6) is -0.852. The van der Waals surface area contributed by atoms with Gasteiger partial charge in [0.2, 0.25) is 0 Å². The Bertz CT molecular complexity index is 526. The number of alkyl halides is 3. The average Bonchev–Trinajstić information content (AvgIpc) is 2.45. The number of halogens is 3. The Morgan fingerprint density at radius 1 is 1.36 bits per heavy atom. The van der Waals surface area contributed by atoms with Gasteiger partial charge in [0.15, 0.2) is 6.61 Å². The molecule has 1 fully saturated rings. The molecule has 2 rings (SSSR count). The number of amides is 1. The summed E-state index contributed by atoms with van der Waals surface area (Å²) in [4.78, 5) is 11.4. The van der Waals surface area contributed by atoms with Crippen LogP contribution < -0.4 is 15.8 Å². The fourth-order valence-corrected chi connectivity index (χ4v) is 2.63. The number of benzene rings is 1. The van der Waals surface area contributed by atoms with E-state index in [4.69, 9.17) is 10.5 Å². The van der Waals surface area contributed by atoms with Gasteiger partial charge in [0.25, 0.3) is 5.91 Å². The number of hydrogen-bond donors (Lipinski definition) is 2. The molecule has 0 spiro atoms. The lowest BCUT2D eigenvalue weighted by atomic mass is 9.96. The minimum Gasteiger partial charge on any atom is -0.483 e. The molecule has 0 aromatic heterocycles. The Morgan fingerprint density at radius 2 is 2.14 bits per heavy atom. The third-order valence-corrected chi connectivity index (χ3v) is 3.62. The molecule has 0 aliphatic carbocycles. The predicted octanol–water partition coefficient (Wildman–Crippen LogP) is 2.41. The topological polar surface area (TPSA) is 64.4 Å². The zero-order valence-corrected chi connectivity index (χ0v) is 12.1. The van der Waals surface area contributed by atoms with Gasteiger partial charge >= 0.3 is 6.18 Å². The first-order valence-electron chi connectivity index (χ1n) is 7.21. The van der Waals surface area contributed by atoms with E-state index < -0.39 is 18.7 Å². The van der Waals surface area contributed by atoms with Gasteiger partial charge < -0.3 is 15.8 Å². The number of primary amides is 1. The van der Waals surface area contributed by atoms with Crippen LogP contribution in [0.1, 0.15) is 35.2 Å². The molecule has 4 nitrogen and oxygen atoms in total. The van der Waals surface area contributed by atoms with Gasteiger partial charge in [0.1, 0.15) is 5.75 Å². The summed E-state index contributed by atoms with van der Waals surface area (Å²) in [5.41, 5.74) is 5.79. The molecule has 7 heteroatoms. The van der Waals surface area contributed by atoms with Crippen LogP contribution in [-0.4, -0.2) is 31.3 Å². The van der Waals surface area contributed by atoms with Crippen molar-refractivity contribution in [3.05, 3.63) is 29.3 Å². The van der Waals surface area contributed by atoms with E-state index in [9.17, 15) is 18.0 Å². The summed E-state index contributed by atoms with van der Waals surface area (Å²) in [7, 11) is 0. The van der Waals surface area contributed by atoms with E-state index in [1.807, 2.05) is 0 Å². The van der Waals surface area contributed by atoms with Crippen molar-refractivity contribution in [1.29, 1.82) is 0 Å². The molecule has 1 aromatic rings. The summed E-state index contributed by atoms with van der Waals surface area (Å²) in [5, 5.41) is 3.32. The van der Waals surface area contributed by atoms with E-state index in [-0.39, 0.29) is 17.4 Å². The van der Waals surface area contributed by atoms with E-state index in [0.717, 1.165) is 25.8 Å². The number of rotatable bonds is 5. The number of carbonyl (C=O) groups is 1. The summed E-state index contributed by atoms with van der Waals surface area (Å²) < 4.78 is 42.1. The monoisotopic (exact) mass is 316 g/mol. The van der Waals surface area contributed by atoms with Crippen LogP contribution in [0.2, 0.25) is 0 Å². The summed E-state index contributed by atoms with van der Waals surface area (Å²) >= 11 is 0. The molecule has 1 aliphatic heterocycles. The first kappa shape index (κ1) is 16.6.